The zero-order valence-electron chi connectivity index (χ0n) is 14.4. The van der Waals surface area contributed by atoms with Crippen LogP contribution in [0.25, 0.3) is 22.6 Å². The summed E-state index contributed by atoms with van der Waals surface area (Å²) in [7, 11) is 0. The predicted octanol–water partition coefficient (Wildman–Crippen LogP) is 6.04. The topological polar surface area (TPSA) is 49.8 Å². The molecule has 0 radical (unpaired) electrons. The zero-order valence-corrected chi connectivity index (χ0v) is 15.2. The van der Waals surface area contributed by atoms with Crippen LogP contribution in [0, 0.1) is 16.7 Å². The third-order valence-corrected chi connectivity index (χ3v) is 4.78. The number of hydrogen-bond acceptors (Lipinski definition) is 4. The van der Waals surface area contributed by atoms with Crippen molar-refractivity contribution in [3.8, 4) is 28.7 Å². The Balaban J connectivity index is 1.89. The van der Waals surface area contributed by atoms with Crippen LogP contribution >= 0.6 is 11.8 Å². The second kappa shape index (κ2) is 7.58. The van der Waals surface area contributed by atoms with Crippen LogP contribution in [0.1, 0.15) is 20.3 Å². The molecule has 0 saturated heterocycles. The van der Waals surface area contributed by atoms with Crippen molar-refractivity contribution < 1.29 is 4.42 Å². The van der Waals surface area contributed by atoms with Crippen LogP contribution in [0.4, 0.5) is 0 Å². The van der Waals surface area contributed by atoms with E-state index in [-0.39, 0.29) is 5.41 Å². The minimum absolute atomic E-state index is 0.329. The van der Waals surface area contributed by atoms with Crippen LogP contribution < -0.4 is 0 Å². The Morgan fingerprint density at radius 3 is 2.20 bits per heavy atom. The molecule has 0 aliphatic carbocycles. The summed E-state index contributed by atoms with van der Waals surface area (Å²) in [5, 5.41) is 9.78. The van der Waals surface area contributed by atoms with Crippen molar-refractivity contribution in [2.75, 3.05) is 5.75 Å². The first-order valence-corrected chi connectivity index (χ1v) is 9.23. The van der Waals surface area contributed by atoms with Crippen molar-refractivity contribution in [2.24, 2.45) is 5.41 Å². The van der Waals surface area contributed by atoms with Gasteiger partial charge in [-0.3, -0.25) is 0 Å². The van der Waals surface area contributed by atoms with E-state index in [1.54, 1.807) is 11.8 Å². The van der Waals surface area contributed by atoms with Crippen LogP contribution in [-0.2, 0) is 0 Å². The molecule has 0 N–H and O–H groups in total. The highest BCUT2D eigenvalue weighted by molar-refractivity contribution is 7.99. The van der Waals surface area contributed by atoms with E-state index in [0.29, 0.717) is 5.22 Å². The summed E-state index contributed by atoms with van der Waals surface area (Å²) >= 11 is 1.56. The Morgan fingerprint density at radius 2 is 1.60 bits per heavy atom. The molecule has 0 spiro atoms. The summed E-state index contributed by atoms with van der Waals surface area (Å²) in [5.74, 6) is 1.58. The minimum atomic E-state index is -0.329. The van der Waals surface area contributed by atoms with E-state index in [4.69, 9.17) is 14.7 Å². The molecule has 0 saturated carbocycles. The summed E-state index contributed by atoms with van der Waals surface area (Å²) in [4.78, 5) is 4.72. The highest BCUT2D eigenvalue weighted by Gasteiger charge is 2.19. The highest BCUT2D eigenvalue weighted by Crippen LogP contribution is 2.36. The van der Waals surface area contributed by atoms with Gasteiger partial charge in [0.05, 0.1) is 11.5 Å². The maximum absolute atomic E-state index is 9.14. The molecule has 0 bridgehead atoms. The average Bonchev–Trinajstić information content (AvgIpc) is 3.07. The Bertz CT molecular complexity index is 807. The normalized spacial score (nSPS) is 11.2. The molecule has 0 unspecified atom stereocenters. The summed E-state index contributed by atoms with van der Waals surface area (Å²) in [5.41, 5.74) is 2.57. The van der Waals surface area contributed by atoms with E-state index in [1.807, 2.05) is 74.5 Å². The smallest absolute Gasteiger partial charge is 0.256 e. The Labute approximate surface area is 152 Å². The van der Waals surface area contributed by atoms with Crippen LogP contribution in [0.2, 0.25) is 0 Å². The van der Waals surface area contributed by atoms with Gasteiger partial charge in [-0.15, -0.1) is 0 Å². The van der Waals surface area contributed by atoms with E-state index in [1.165, 1.54) is 0 Å². The first-order chi connectivity index (χ1) is 12.1. The number of hydrogen-bond donors (Lipinski definition) is 0. The Morgan fingerprint density at radius 1 is 1.00 bits per heavy atom. The number of aromatic nitrogens is 1. The van der Waals surface area contributed by atoms with Gasteiger partial charge in [0.25, 0.3) is 5.22 Å². The predicted molar refractivity (Wildman–Crippen MR) is 102 cm³/mol. The number of rotatable bonds is 6. The highest BCUT2D eigenvalue weighted by atomic mass is 32.2. The number of thioether (sulfide) groups is 1. The number of benzene rings is 2. The molecular weight excluding hydrogens is 328 g/mol. The minimum Gasteiger partial charge on any atom is -0.431 e. The molecule has 2 aromatic carbocycles. The lowest BCUT2D eigenvalue weighted by atomic mass is 9.93. The van der Waals surface area contributed by atoms with E-state index in [9.17, 15) is 0 Å². The molecule has 1 aromatic heterocycles. The fraction of sp³-hybridized carbons (Fsp3) is 0.238. The first-order valence-electron chi connectivity index (χ1n) is 8.25. The molecule has 3 nitrogen and oxygen atoms in total. The number of oxazole rings is 1. The van der Waals surface area contributed by atoms with Gasteiger partial charge < -0.3 is 4.42 Å². The summed E-state index contributed by atoms with van der Waals surface area (Å²) in [6.07, 6.45) is 0.790. The molecule has 0 fully saturated rings. The van der Waals surface area contributed by atoms with Crippen molar-refractivity contribution in [3.05, 3.63) is 60.7 Å². The van der Waals surface area contributed by atoms with Crippen LogP contribution in [0.3, 0.4) is 0 Å². The largest absolute Gasteiger partial charge is 0.431 e. The fourth-order valence-electron chi connectivity index (χ4n) is 2.39. The Hall–Kier alpha value is -2.51. The van der Waals surface area contributed by atoms with E-state index >= 15 is 0 Å². The van der Waals surface area contributed by atoms with Gasteiger partial charge >= 0.3 is 0 Å². The van der Waals surface area contributed by atoms with Gasteiger partial charge in [0.15, 0.2) is 5.76 Å². The van der Waals surface area contributed by atoms with E-state index < -0.39 is 0 Å². The van der Waals surface area contributed by atoms with Crippen molar-refractivity contribution >= 4 is 11.8 Å². The third-order valence-electron chi connectivity index (χ3n) is 3.95. The van der Waals surface area contributed by atoms with Crippen LogP contribution in [-0.4, -0.2) is 10.7 Å². The SMILES string of the molecule is CC(C)(C#N)CCSc1nc(-c2ccccc2)c(-c2ccccc2)o1. The molecular formula is C21H20N2OS. The molecule has 1 heterocycles. The van der Waals surface area contributed by atoms with Crippen molar-refractivity contribution in [1.82, 2.24) is 4.98 Å². The van der Waals surface area contributed by atoms with E-state index in [2.05, 4.69) is 6.07 Å². The molecule has 3 rings (SSSR count). The quantitative estimate of drug-likeness (QED) is 0.509. The third kappa shape index (κ3) is 4.32. The van der Waals surface area contributed by atoms with Crippen molar-refractivity contribution in [3.63, 3.8) is 0 Å². The van der Waals surface area contributed by atoms with Gasteiger partial charge in [-0.1, -0.05) is 72.4 Å². The maximum Gasteiger partial charge on any atom is 0.256 e. The fourth-order valence-corrected chi connectivity index (χ4v) is 3.47. The second-order valence-corrected chi connectivity index (χ2v) is 7.53. The molecule has 3 aromatic rings. The molecule has 4 heteroatoms. The average molecular weight is 348 g/mol. The molecule has 25 heavy (non-hydrogen) atoms. The van der Waals surface area contributed by atoms with Crippen molar-refractivity contribution in [1.29, 1.82) is 5.26 Å². The molecule has 0 aliphatic heterocycles. The molecule has 0 aliphatic rings. The standard InChI is InChI=1S/C21H20N2OS/c1-21(2,15-22)13-14-25-20-23-18(16-9-5-3-6-10-16)19(24-20)17-11-7-4-8-12-17/h3-12H,13-14H2,1-2H3. The van der Waals surface area contributed by atoms with E-state index in [0.717, 1.165) is 34.8 Å². The molecule has 0 amide bonds. The van der Waals surface area contributed by atoms with Gasteiger partial charge in [0, 0.05) is 16.9 Å². The molecule has 126 valence electrons. The zero-order chi connectivity index (χ0) is 17.7. The van der Waals surface area contributed by atoms with Gasteiger partial charge in [-0.05, 0) is 20.3 Å². The maximum atomic E-state index is 9.14. The van der Waals surface area contributed by atoms with Gasteiger partial charge in [0.1, 0.15) is 5.69 Å². The van der Waals surface area contributed by atoms with Crippen LogP contribution in [0.15, 0.2) is 70.3 Å². The van der Waals surface area contributed by atoms with Crippen molar-refractivity contribution in [2.45, 2.75) is 25.5 Å². The van der Waals surface area contributed by atoms with Gasteiger partial charge in [0.2, 0.25) is 0 Å². The van der Waals surface area contributed by atoms with Gasteiger partial charge in [-0.2, -0.15) is 5.26 Å². The van der Waals surface area contributed by atoms with Gasteiger partial charge in [-0.25, -0.2) is 4.98 Å². The molecule has 0 atom stereocenters. The lowest BCUT2D eigenvalue weighted by Gasteiger charge is -2.12. The number of nitrogens with zero attached hydrogens (tertiary/aromatic N) is 2. The summed E-state index contributed by atoms with van der Waals surface area (Å²) in [6.45, 7) is 3.90. The Kier molecular flexibility index (Phi) is 5.25. The van der Waals surface area contributed by atoms with Crippen LogP contribution in [0.5, 0.6) is 0 Å². The second-order valence-electron chi connectivity index (χ2n) is 6.48. The lowest BCUT2D eigenvalue weighted by Crippen LogP contribution is -2.08. The summed E-state index contributed by atoms with van der Waals surface area (Å²) in [6, 6.07) is 22.4. The first kappa shape index (κ1) is 17.3. The monoisotopic (exact) mass is 348 g/mol. The summed E-state index contributed by atoms with van der Waals surface area (Å²) < 4.78 is 6.07. The lowest BCUT2D eigenvalue weighted by molar-refractivity contribution is 0.460. The number of nitriles is 1.